The van der Waals surface area contributed by atoms with Gasteiger partial charge in [0.05, 0.1) is 0 Å². The van der Waals surface area contributed by atoms with E-state index in [0.29, 0.717) is 17.2 Å². The molecule has 0 atom stereocenters. The van der Waals surface area contributed by atoms with Crippen LogP contribution in [0.5, 0.6) is 5.75 Å². The van der Waals surface area contributed by atoms with E-state index in [9.17, 15) is 9.59 Å². The number of unbranched alkanes of at least 4 members (excludes halogenated alkanes) is 10. The van der Waals surface area contributed by atoms with Gasteiger partial charge in [-0.05, 0) is 37.1 Å². The van der Waals surface area contributed by atoms with E-state index in [0.717, 1.165) is 18.4 Å². The van der Waals surface area contributed by atoms with E-state index in [1.807, 2.05) is 6.92 Å². The molecule has 0 fully saturated rings. The summed E-state index contributed by atoms with van der Waals surface area (Å²) in [5.74, 6) is -0.00385. The van der Waals surface area contributed by atoms with Crippen LogP contribution in [0.3, 0.4) is 0 Å². The van der Waals surface area contributed by atoms with Crippen LogP contribution in [-0.4, -0.2) is 18.4 Å². The van der Waals surface area contributed by atoms with Crippen LogP contribution in [0.15, 0.2) is 18.2 Å². The van der Waals surface area contributed by atoms with Crippen LogP contribution >= 0.6 is 11.6 Å². The summed E-state index contributed by atoms with van der Waals surface area (Å²) in [6, 6.07) is 5.19. The van der Waals surface area contributed by atoms with Gasteiger partial charge in [-0.1, -0.05) is 82.7 Å². The highest BCUT2D eigenvalue weighted by Gasteiger charge is 2.06. The molecule has 0 unspecified atom stereocenters. The first kappa shape index (κ1) is 25.3. The second kappa shape index (κ2) is 16.1. The fourth-order valence-corrected chi connectivity index (χ4v) is 3.16. The summed E-state index contributed by atoms with van der Waals surface area (Å²) >= 11 is 5.95. The van der Waals surface area contributed by atoms with Gasteiger partial charge in [0.1, 0.15) is 5.75 Å². The molecule has 1 rings (SSSR count). The van der Waals surface area contributed by atoms with Gasteiger partial charge in [-0.25, -0.2) is 0 Å². The molecule has 0 aliphatic carbocycles. The standard InChI is InChI=1S/C23H37ClN2O3/c1-3-4-5-6-7-8-9-10-11-12-13-14-22(27)25-26-23(28)18-29-20-15-16-21(24)19(2)17-20/h15-17H,3-14,18H2,1-2H3,(H,25,27)(H,26,28). The highest BCUT2D eigenvalue weighted by atomic mass is 35.5. The first-order valence-electron chi connectivity index (χ1n) is 11.0. The maximum atomic E-state index is 11.8. The first-order chi connectivity index (χ1) is 14.0. The molecule has 2 N–H and O–H groups in total. The smallest absolute Gasteiger partial charge is 0.276 e. The Morgan fingerprint density at radius 1 is 0.862 bits per heavy atom. The minimum Gasteiger partial charge on any atom is -0.484 e. The largest absolute Gasteiger partial charge is 0.484 e. The zero-order chi connectivity index (χ0) is 21.3. The fourth-order valence-electron chi connectivity index (χ4n) is 3.04. The van der Waals surface area contributed by atoms with E-state index in [2.05, 4.69) is 17.8 Å². The predicted octanol–water partition coefficient (Wildman–Crippen LogP) is 5.88. The summed E-state index contributed by atoms with van der Waals surface area (Å²) in [5.41, 5.74) is 5.69. The molecular formula is C23H37ClN2O3. The van der Waals surface area contributed by atoms with Crippen molar-refractivity contribution in [1.29, 1.82) is 0 Å². The van der Waals surface area contributed by atoms with E-state index < -0.39 is 5.91 Å². The average molecular weight is 425 g/mol. The van der Waals surface area contributed by atoms with Crippen molar-refractivity contribution < 1.29 is 14.3 Å². The van der Waals surface area contributed by atoms with Crippen LogP contribution in [0.1, 0.15) is 89.5 Å². The lowest BCUT2D eigenvalue weighted by atomic mass is 10.1. The number of nitrogens with one attached hydrogen (secondary N) is 2. The molecule has 0 saturated carbocycles. The molecule has 1 aromatic carbocycles. The van der Waals surface area contributed by atoms with Gasteiger partial charge in [0.15, 0.2) is 6.61 Å². The molecule has 0 aliphatic rings. The van der Waals surface area contributed by atoms with Crippen molar-refractivity contribution in [2.45, 2.75) is 90.9 Å². The molecule has 0 radical (unpaired) electrons. The van der Waals surface area contributed by atoms with Crippen LogP contribution in [0.4, 0.5) is 0 Å². The first-order valence-corrected chi connectivity index (χ1v) is 11.4. The van der Waals surface area contributed by atoms with E-state index in [1.54, 1.807) is 18.2 Å². The molecule has 0 bridgehead atoms. The van der Waals surface area contributed by atoms with Gasteiger partial charge in [-0.15, -0.1) is 0 Å². The summed E-state index contributed by atoms with van der Waals surface area (Å²) < 4.78 is 5.39. The summed E-state index contributed by atoms with van der Waals surface area (Å²) in [6.07, 6.45) is 14.1. The molecule has 0 aliphatic heterocycles. The zero-order valence-corrected chi connectivity index (χ0v) is 18.8. The van der Waals surface area contributed by atoms with Gasteiger partial charge in [0.2, 0.25) is 5.91 Å². The lowest BCUT2D eigenvalue weighted by molar-refractivity contribution is -0.130. The Morgan fingerprint density at radius 2 is 1.41 bits per heavy atom. The number of benzene rings is 1. The number of ether oxygens (including phenoxy) is 1. The number of hydrogen-bond donors (Lipinski definition) is 2. The van der Waals surface area contributed by atoms with Crippen molar-refractivity contribution in [3.63, 3.8) is 0 Å². The SMILES string of the molecule is CCCCCCCCCCCCCC(=O)NNC(=O)COc1ccc(Cl)c(C)c1. The molecule has 6 heteroatoms. The Bertz CT molecular complexity index is 608. The van der Waals surface area contributed by atoms with E-state index in [1.165, 1.54) is 57.8 Å². The summed E-state index contributed by atoms with van der Waals surface area (Å²) in [5, 5.41) is 0.650. The van der Waals surface area contributed by atoms with Crippen molar-refractivity contribution in [2.75, 3.05) is 6.61 Å². The monoisotopic (exact) mass is 424 g/mol. The van der Waals surface area contributed by atoms with Crippen molar-refractivity contribution >= 4 is 23.4 Å². The maximum absolute atomic E-state index is 11.8. The van der Waals surface area contributed by atoms with Crippen LogP contribution < -0.4 is 15.6 Å². The minimum atomic E-state index is -0.398. The molecule has 0 aromatic heterocycles. The molecule has 2 amide bonds. The third kappa shape index (κ3) is 13.2. The Hall–Kier alpha value is -1.75. The number of carbonyl (C=O) groups is 2. The fraction of sp³-hybridized carbons (Fsp3) is 0.652. The molecule has 0 spiro atoms. The van der Waals surface area contributed by atoms with Crippen LogP contribution in [0.2, 0.25) is 5.02 Å². The van der Waals surface area contributed by atoms with E-state index in [4.69, 9.17) is 16.3 Å². The number of rotatable bonds is 15. The van der Waals surface area contributed by atoms with Gasteiger partial charge < -0.3 is 4.74 Å². The Kier molecular flexibility index (Phi) is 14.0. The normalized spacial score (nSPS) is 10.6. The number of carbonyl (C=O) groups excluding carboxylic acids is 2. The molecule has 5 nitrogen and oxygen atoms in total. The quantitative estimate of drug-likeness (QED) is 0.273. The number of hydrogen-bond acceptors (Lipinski definition) is 3. The van der Waals surface area contributed by atoms with Crippen molar-refractivity contribution in [3.8, 4) is 5.75 Å². The lowest BCUT2D eigenvalue weighted by Gasteiger charge is -2.09. The second-order valence-corrected chi connectivity index (χ2v) is 7.99. The van der Waals surface area contributed by atoms with E-state index >= 15 is 0 Å². The number of hydrazine groups is 1. The maximum Gasteiger partial charge on any atom is 0.276 e. The molecular weight excluding hydrogens is 388 g/mol. The van der Waals surface area contributed by atoms with E-state index in [-0.39, 0.29) is 12.5 Å². The highest BCUT2D eigenvalue weighted by molar-refractivity contribution is 6.31. The second-order valence-electron chi connectivity index (χ2n) is 7.58. The summed E-state index contributed by atoms with van der Waals surface area (Å²) in [7, 11) is 0. The highest BCUT2D eigenvalue weighted by Crippen LogP contribution is 2.20. The number of halogens is 1. The van der Waals surface area contributed by atoms with Gasteiger partial charge in [0, 0.05) is 11.4 Å². The van der Waals surface area contributed by atoms with Gasteiger partial charge in [0.25, 0.3) is 5.91 Å². The van der Waals surface area contributed by atoms with Gasteiger partial charge in [-0.3, -0.25) is 20.4 Å². The Labute approximate surface area is 180 Å². The van der Waals surface area contributed by atoms with Crippen LogP contribution in [0, 0.1) is 6.92 Å². The average Bonchev–Trinajstić information content (AvgIpc) is 2.71. The molecule has 0 heterocycles. The summed E-state index contributed by atoms with van der Waals surface area (Å²) in [4.78, 5) is 23.5. The number of amides is 2. The van der Waals surface area contributed by atoms with Gasteiger partial charge in [-0.2, -0.15) is 0 Å². The van der Waals surface area contributed by atoms with Gasteiger partial charge >= 0.3 is 0 Å². The van der Waals surface area contributed by atoms with Crippen LogP contribution in [0.25, 0.3) is 0 Å². The van der Waals surface area contributed by atoms with Crippen molar-refractivity contribution in [2.24, 2.45) is 0 Å². The molecule has 164 valence electrons. The predicted molar refractivity (Wildman–Crippen MR) is 119 cm³/mol. The molecule has 1 aromatic rings. The van der Waals surface area contributed by atoms with Crippen molar-refractivity contribution in [3.05, 3.63) is 28.8 Å². The molecule has 0 saturated heterocycles. The molecule has 29 heavy (non-hydrogen) atoms. The third-order valence-electron chi connectivity index (χ3n) is 4.85. The lowest BCUT2D eigenvalue weighted by Crippen LogP contribution is -2.43. The van der Waals surface area contributed by atoms with Crippen LogP contribution in [-0.2, 0) is 9.59 Å². The minimum absolute atomic E-state index is 0.167. The summed E-state index contributed by atoms with van der Waals surface area (Å²) in [6.45, 7) is 3.94. The Balaban J connectivity index is 1.96. The zero-order valence-electron chi connectivity index (χ0n) is 18.0. The Morgan fingerprint density at radius 3 is 2.00 bits per heavy atom. The number of aryl methyl sites for hydroxylation is 1. The topological polar surface area (TPSA) is 67.4 Å². The van der Waals surface area contributed by atoms with Crippen molar-refractivity contribution in [1.82, 2.24) is 10.9 Å². The third-order valence-corrected chi connectivity index (χ3v) is 5.27.